The number of nitrogens with one attached hydrogen (secondary N) is 1. The number of rotatable bonds is 7. The molecule has 0 aliphatic rings. The number of carbonyl (C=O) groups is 1. The van der Waals surface area contributed by atoms with Gasteiger partial charge >= 0.3 is 0 Å². The predicted molar refractivity (Wildman–Crippen MR) is 115 cm³/mol. The molecule has 0 unspecified atom stereocenters. The molecule has 3 aromatic heterocycles. The first-order valence-corrected chi connectivity index (χ1v) is 10.3. The molecule has 0 radical (unpaired) electrons. The molecule has 6 nitrogen and oxygen atoms in total. The second kappa shape index (κ2) is 8.45. The standard InChI is InChI=1S/C22H22N4O2S/c1-15(2)22-25-17(14-29-22)11-21(27)24-16-6-5-7-19(10-16)28-13-18-12-26-9-4-3-8-20(26)23-18/h3-10,12,14-15H,11,13H2,1-2H3,(H,24,27). The number of nitrogens with zero attached hydrogens (tertiary/aromatic N) is 3. The number of thiazole rings is 1. The lowest BCUT2D eigenvalue weighted by Crippen LogP contribution is -2.14. The minimum atomic E-state index is -0.0943. The van der Waals surface area contributed by atoms with Crippen LogP contribution in [-0.4, -0.2) is 20.3 Å². The predicted octanol–water partition coefficient (Wildman–Crippen LogP) is 4.67. The summed E-state index contributed by atoms with van der Waals surface area (Å²) in [6, 6.07) is 13.2. The zero-order valence-electron chi connectivity index (χ0n) is 16.3. The van der Waals surface area contributed by atoms with Crippen molar-refractivity contribution in [1.29, 1.82) is 0 Å². The van der Waals surface area contributed by atoms with Crippen LogP contribution in [0.25, 0.3) is 5.65 Å². The smallest absolute Gasteiger partial charge is 0.230 e. The van der Waals surface area contributed by atoms with Gasteiger partial charge in [0, 0.05) is 35.4 Å². The summed E-state index contributed by atoms with van der Waals surface area (Å²) in [4.78, 5) is 21.4. The second-order valence-electron chi connectivity index (χ2n) is 7.07. The summed E-state index contributed by atoms with van der Waals surface area (Å²) in [6.45, 7) is 4.55. The Morgan fingerprint density at radius 1 is 1.17 bits per heavy atom. The van der Waals surface area contributed by atoms with Crippen molar-refractivity contribution in [2.45, 2.75) is 32.8 Å². The fraction of sp³-hybridized carbons (Fsp3) is 0.227. The first-order chi connectivity index (χ1) is 14.1. The Hall–Kier alpha value is -3.19. The van der Waals surface area contributed by atoms with Gasteiger partial charge in [-0.2, -0.15) is 0 Å². The number of pyridine rings is 1. The third-order valence-corrected chi connectivity index (χ3v) is 5.52. The molecule has 0 bridgehead atoms. The fourth-order valence-corrected chi connectivity index (χ4v) is 3.75. The fourth-order valence-electron chi connectivity index (χ4n) is 2.92. The highest BCUT2D eigenvalue weighted by Crippen LogP contribution is 2.21. The van der Waals surface area contributed by atoms with Crippen LogP contribution in [0.15, 0.2) is 60.2 Å². The number of hydrogen-bond donors (Lipinski definition) is 1. The molecule has 0 saturated carbocycles. The van der Waals surface area contributed by atoms with Crippen LogP contribution >= 0.6 is 11.3 Å². The Kier molecular flexibility index (Phi) is 5.57. The van der Waals surface area contributed by atoms with Gasteiger partial charge in [0.05, 0.1) is 22.8 Å². The molecule has 0 aliphatic carbocycles. The number of ether oxygens (including phenoxy) is 1. The molecule has 0 saturated heterocycles. The summed E-state index contributed by atoms with van der Waals surface area (Å²) < 4.78 is 7.81. The SMILES string of the molecule is CC(C)c1nc(CC(=O)Nc2cccc(OCc3cn4ccccc4n3)c2)cs1. The van der Waals surface area contributed by atoms with Crippen molar-refractivity contribution in [3.8, 4) is 5.75 Å². The highest BCUT2D eigenvalue weighted by molar-refractivity contribution is 7.09. The molecule has 1 N–H and O–H groups in total. The lowest BCUT2D eigenvalue weighted by atomic mass is 10.2. The van der Waals surface area contributed by atoms with Gasteiger partial charge in [-0.25, -0.2) is 9.97 Å². The Balaban J connectivity index is 1.35. The van der Waals surface area contributed by atoms with Crippen LogP contribution < -0.4 is 10.1 Å². The largest absolute Gasteiger partial charge is 0.487 e. The van der Waals surface area contributed by atoms with E-state index in [0.717, 1.165) is 22.0 Å². The Bertz CT molecular complexity index is 1100. The normalized spacial score (nSPS) is 11.1. The van der Waals surface area contributed by atoms with E-state index >= 15 is 0 Å². The molecular weight excluding hydrogens is 384 g/mol. The van der Waals surface area contributed by atoms with E-state index in [9.17, 15) is 4.79 Å². The van der Waals surface area contributed by atoms with Gasteiger partial charge < -0.3 is 14.5 Å². The van der Waals surface area contributed by atoms with Crippen LogP contribution in [0, 0.1) is 0 Å². The summed E-state index contributed by atoms with van der Waals surface area (Å²) in [5, 5.41) is 5.91. The Morgan fingerprint density at radius 3 is 2.86 bits per heavy atom. The van der Waals surface area contributed by atoms with E-state index in [1.807, 2.05) is 64.6 Å². The number of imidazole rings is 1. The van der Waals surface area contributed by atoms with Crippen molar-refractivity contribution < 1.29 is 9.53 Å². The minimum Gasteiger partial charge on any atom is -0.487 e. The molecule has 1 aromatic carbocycles. The maximum absolute atomic E-state index is 12.4. The lowest BCUT2D eigenvalue weighted by Gasteiger charge is -2.08. The quantitative estimate of drug-likeness (QED) is 0.484. The number of fused-ring (bicyclic) bond motifs is 1. The Morgan fingerprint density at radius 2 is 2.07 bits per heavy atom. The molecule has 1 amide bonds. The molecule has 148 valence electrons. The van der Waals surface area contributed by atoms with Crippen LogP contribution in [0.4, 0.5) is 5.69 Å². The number of anilines is 1. The first kappa shape index (κ1) is 19.1. The van der Waals surface area contributed by atoms with Crippen molar-refractivity contribution in [3.63, 3.8) is 0 Å². The van der Waals surface area contributed by atoms with Gasteiger partial charge in [-0.15, -0.1) is 11.3 Å². The monoisotopic (exact) mass is 406 g/mol. The first-order valence-electron chi connectivity index (χ1n) is 9.46. The van der Waals surface area contributed by atoms with Gasteiger partial charge in [-0.05, 0) is 24.3 Å². The van der Waals surface area contributed by atoms with E-state index in [1.165, 1.54) is 0 Å². The van der Waals surface area contributed by atoms with Gasteiger partial charge in [0.25, 0.3) is 0 Å². The van der Waals surface area contributed by atoms with Crippen LogP contribution in [0.3, 0.4) is 0 Å². The number of benzene rings is 1. The lowest BCUT2D eigenvalue weighted by molar-refractivity contribution is -0.115. The van der Waals surface area contributed by atoms with Gasteiger partial charge in [0.1, 0.15) is 18.0 Å². The molecule has 4 rings (SSSR count). The molecule has 0 spiro atoms. The number of amides is 1. The summed E-state index contributed by atoms with van der Waals surface area (Å²) in [6.07, 6.45) is 4.16. The second-order valence-corrected chi connectivity index (χ2v) is 7.96. The van der Waals surface area contributed by atoms with E-state index in [2.05, 4.69) is 29.1 Å². The maximum Gasteiger partial charge on any atom is 0.230 e. The van der Waals surface area contributed by atoms with Crippen LogP contribution in [0.5, 0.6) is 5.75 Å². The summed E-state index contributed by atoms with van der Waals surface area (Å²) in [7, 11) is 0. The van der Waals surface area contributed by atoms with Crippen molar-refractivity contribution in [2.75, 3.05) is 5.32 Å². The molecule has 0 aliphatic heterocycles. The zero-order chi connectivity index (χ0) is 20.2. The van der Waals surface area contributed by atoms with E-state index in [0.29, 0.717) is 24.0 Å². The maximum atomic E-state index is 12.4. The van der Waals surface area contributed by atoms with E-state index in [4.69, 9.17) is 4.74 Å². The topological polar surface area (TPSA) is 68.5 Å². The van der Waals surface area contributed by atoms with Gasteiger partial charge in [-0.1, -0.05) is 26.0 Å². The van der Waals surface area contributed by atoms with Gasteiger partial charge in [0.15, 0.2) is 0 Å². The molecule has 3 heterocycles. The van der Waals surface area contributed by atoms with Crippen molar-refractivity contribution >= 4 is 28.6 Å². The summed E-state index contributed by atoms with van der Waals surface area (Å²) >= 11 is 1.60. The molecule has 0 fully saturated rings. The third-order valence-electron chi connectivity index (χ3n) is 4.32. The Labute approximate surface area is 173 Å². The van der Waals surface area contributed by atoms with E-state index in [-0.39, 0.29) is 12.3 Å². The van der Waals surface area contributed by atoms with Crippen molar-refractivity contribution in [1.82, 2.24) is 14.4 Å². The van der Waals surface area contributed by atoms with E-state index in [1.54, 1.807) is 11.3 Å². The summed E-state index contributed by atoms with van der Waals surface area (Å²) in [5.41, 5.74) is 3.22. The van der Waals surface area contributed by atoms with Crippen LogP contribution in [0.1, 0.15) is 36.2 Å². The molecule has 29 heavy (non-hydrogen) atoms. The summed E-state index contributed by atoms with van der Waals surface area (Å²) in [5.74, 6) is 0.956. The highest BCUT2D eigenvalue weighted by Gasteiger charge is 2.10. The van der Waals surface area contributed by atoms with Gasteiger partial charge in [0.2, 0.25) is 5.91 Å². The van der Waals surface area contributed by atoms with Crippen molar-refractivity contribution in [3.05, 3.63) is 76.6 Å². The zero-order valence-corrected chi connectivity index (χ0v) is 17.1. The van der Waals surface area contributed by atoms with Crippen LogP contribution in [0.2, 0.25) is 0 Å². The van der Waals surface area contributed by atoms with Gasteiger partial charge in [-0.3, -0.25) is 4.79 Å². The molecule has 0 atom stereocenters. The number of hydrogen-bond acceptors (Lipinski definition) is 5. The highest BCUT2D eigenvalue weighted by atomic mass is 32.1. The van der Waals surface area contributed by atoms with Crippen molar-refractivity contribution in [2.24, 2.45) is 0 Å². The number of aromatic nitrogens is 3. The van der Waals surface area contributed by atoms with E-state index < -0.39 is 0 Å². The number of carbonyl (C=O) groups excluding carboxylic acids is 1. The molecule has 4 aromatic rings. The third kappa shape index (κ3) is 4.81. The average Bonchev–Trinajstić information content (AvgIpc) is 3.33. The molecular formula is C22H22N4O2S. The van der Waals surface area contributed by atoms with Crippen LogP contribution in [-0.2, 0) is 17.8 Å². The minimum absolute atomic E-state index is 0.0943. The average molecular weight is 407 g/mol. The molecule has 7 heteroatoms.